The molecule has 0 aliphatic rings. The first-order valence-corrected chi connectivity index (χ1v) is 9.10. The molecule has 0 aliphatic carbocycles. The third kappa shape index (κ3) is 4.64. The molecular weight excluding hydrogens is 351 g/mol. The molecule has 0 saturated carbocycles. The average molecular weight is 376 g/mol. The Balaban J connectivity index is 2.55. The summed E-state index contributed by atoms with van der Waals surface area (Å²) >= 11 is 0. The van der Waals surface area contributed by atoms with Crippen molar-refractivity contribution in [1.82, 2.24) is 9.55 Å². The zero-order valence-electron chi connectivity index (χ0n) is 15.6. The molecule has 1 heterocycles. The number of anilines is 2. The number of rotatable bonds is 8. The molecule has 27 heavy (non-hydrogen) atoms. The van der Waals surface area contributed by atoms with Gasteiger partial charge < -0.3 is 10.6 Å². The van der Waals surface area contributed by atoms with E-state index in [0.29, 0.717) is 19.4 Å². The lowest BCUT2D eigenvalue weighted by molar-refractivity contribution is 0.0986. The number of carbonyl (C=O) groups excluding carboxylic acids is 1. The van der Waals surface area contributed by atoms with Gasteiger partial charge in [-0.3, -0.25) is 19.1 Å². The van der Waals surface area contributed by atoms with E-state index in [1.54, 1.807) is 0 Å². The van der Waals surface area contributed by atoms with Gasteiger partial charge >= 0.3 is 5.69 Å². The van der Waals surface area contributed by atoms with Crippen molar-refractivity contribution in [3.05, 3.63) is 56.5 Å². The summed E-state index contributed by atoms with van der Waals surface area (Å²) in [5.41, 5.74) is 5.00. The maximum absolute atomic E-state index is 13.2. The van der Waals surface area contributed by atoms with Crippen LogP contribution in [0.4, 0.5) is 15.9 Å². The van der Waals surface area contributed by atoms with Gasteiger partial charge in [0.1, 0.15) is 11.6 Å². The average Bonchev–Trinajstić information content (AvgIpc) is 2.64. The number of benzene rings is 1. The molecule has 0 unspecified atom stereocenters. The molecule has 0 radical (unpaired) electrons. The normalized spacial score (nSPS) is 10.8. The molecule has 1 amide bonds. The molecule has 1 aromatic carbocycles. The fourth-order valence-corrected chi connectivity index (χ4v) is 2.76. The minimum absolute atomic E-state index is 0.0382. The van der Waals surface area contributed by atoms with E-state index in [1.807, 2.05) is 13.8 Å². The van der Waals surface area contributed by atoms with Crippen molar-refractivity contribution in [2.24, 2.45) is 0 Å². The van der Waals surface area contributed by atoms with E-state index in [9.17, 15) is 18.8 Å². The Morgan fingerprint density at radius 3 is 2.37 bits per heavy atom. The molecule has 0 saturated heterocycles. The molecular formula is C19H25FN4O3. The number of nitrogen functional groups attached to an aromatic ring is 1. The maximum Gasteiger partial charge on any atom is 0.330 e. The second kappa shape index (κ2) is 9.16. The van der Waals surface area contributed by atoms with Gasteiger partial charge in [-0.1, -0.05) is 26.7 Å². The second-order valence-electron chi connectivity index (χ2n) is 6.32. The van der Waals surface area contributed by atoms with Crippen LogP contribution in [0.1, 0.15) is 49.9 Å². The van der Waals surface area contributed by atoms with E-state index in [2.05, 4.69) is 4.98 Å². The van der Waals surface area contributed by atoms with E-state index >= 15 is 0 Å². The van der Waals surface area contributed by atoms with Gasteiger partial charge in [0.05, 0.1) is 0 Å². The number of H-pyrrole nitrogens is 1. The van der Waals surface area contributed by atoms with Crippen molar-refractivity contribution in [2.75, 3.05) is 17.2 Å². The lowest BCUT2D eigenvalue weighted by Gasteiger charge is -2.24. The summed E-state index contributed by atoms with van der Waals surface area (Å²) in [4.78, 5) is 41.1. The topological polar surface area (TPSA) is 101 Å². The predicted octanol–water partition coefficient (Wildman–Crippen LogP) is 2.50. The van der Waals surface area contributed by atoms with E-state index in [-0.39, 0.29) is 23.6 Å². The number of aromatic amines is 1. The molecule has 2 aromatic rings. The Morgan fingerprint density at radius 2 is 1.78 bits per heavy atom. The summed E-state index contributed by atoms with van der Waals surface area (Å²) in [6.45, 7) is 4.53. The number of hydrogen-bond acceptors (Lipinski definition) is 4. The van der Waals surface area contributed by atoms with Crippen LogP contribution in [0.3, 0.4) is 0 Å². The molecule has 146 valence electrons. The summed E-state index contributed by atoms with van der Waals surface area (Å²) in [6.07, 6.45) is 2.98. The Hall–Kier alpha value is -2.90. The third-order valence-electron chi connectivity index (χ3n) is 4.29. The molecule has 7 nitrogen and oxygen atoms in total. The Kier molecular flexibility index (Phi) is 6.92. The summed E-state index contributed by atoms with van der Waals surface area (Å²) < 4.78 is 14.5. The van der Waals surface area contributed by atoms with Gasteiger partial charge in [0, 0.05) is 18.7 Å². The first-order chi connectivity index (χ1) is 12.9. The molecule has 0 atom stereocenters. The maximum atomic E-state index is 13.2. The van der Waals surface area contributed by atoms with Gasteiger partial charge in [-0.2, -0.15) is 0 Å². The molecule has 3 N–H and O–H groups in total. The molecule has 0 aliphatic heterocycles. The van der Waals surface area contributed by atoms with Crippen molar-refractivity contribution in [3.63, 3.8) is 0 Å². The number of nitrogens with two attached hydrogens (primary N) is 1. The highest BCUT2D eigenvalue weighted by atomic mass is 19.1. The Labute approximate surface area is 156 Å². The van der Waals surface area contributed by atoms with Crippen LogP contribution in [0.25, 0.3) is 0 Å². The van der Waals surface area contributed by atoms with Gasteiger partial charge in [0.15, 0.2) is 5.69 Å². The van der Waals surface area contributed by atoms with Crippen LogP contribution >= 0.6 is 0 Å². The molecule has 0 spiro atoms. The van der Waals surface area contributed by atoms with E-state index in [0.717, 1.165) is 12.8 Å². The number of unbranched alkanes of at least 4 members (excludes halogenated alkanes) is 2. The van der Waals surface area contributed by atoms with Crippen LogP contribution in [0, 0.1) is 5.82 Å². The van der Waals surface area contributed by atoms with Crippen LogP contribution in [-0.2, 0) is 6.54 Å². The zero-order valence-corrected chi connectivity index (χ0v) is 15.6. The van der Waals surface area contributed by atoms with Crippen molar-refractivity contribution in [3.8, 4) is 0 Å². The van der Waals surface area contributed by atoms with Crippen LogP contribution in [-0.4, -0.2) is 22.0 Å². The molecule has 1 aromatic heterocycles. The van der Waals surface area contributed by atoms with Crippen molar-refractivity contribution in [2.45, 2.75) is 46.1 Å². The van der Waals surface area contributed by atoms with Crippen LogP contribution in [0.5, 0.6) is 0 Å². The number of nitrogens with one attached hydrogen (secondary N) is 1. The Morgan fingerprint density at radius 1 is 1.15 bits per heavy atom. The monoisotopic (exact) mass is 376 g/mol. The first kappa shape index (κ1) is 20.4. The van der Waals surface area contributed by atoms with Crippen molar-refractivity contribution >= 4 is 17.4 Å². The largest absolute Gasteiger partial charge is 0.383 e. The van der Waals surface area contributed by atoms with Gasteiger partial charge in [0.25, 0.3) is 11.5 Å². The standard InChI is InChI=1S/C19H25FN4O3/c1-3-5-11-23(18(26)13-7-9-14(20)10-8-13)15-16(21)24(12-6-4-2)19(27)22-17(15)25/h7-10H,3-6,11-12,21H2,1-2H3,(H,22,25,27). The highest BCUT2D eigenvalue weighted by Gasteiger charge is 2.24. The number of halogens is 1. The van der Waals surface area contributed by atoms with E-state index in [1.165, 1.54) is 33.7 Å². The highest BCUT2D eigenvalue weighted by Crippen LogP contribution is 2.20. The number of carbonyl (C=O) groups is 1. The summed E-state index contributed by atoms with van der Waals surface area (Å²) in [6, 6.07) is 5.07. The molecule has 0 fully saturated rings. The lowest BCUT2D eigenvalue weighted by atomic mass is 10.1. The lowest BCUT2D eigenvalue weighted by Crippen LogP contribution is -2.41. The quantitative estimate of drug-likeness (QED) is 0.739. The number of nitrogens with zero attached hydrogens (tertiary/aromatic N) is 2. The minimum Gasteiger partial charge on any atom is -0.383 e. The number of hydrogen-bond donors (Lipinski definition) is 2. The SMILES string of the molecule is CCCCN(C(=O)c1ccc(F)cc1)c1c(N)n(CCCC)c(=O)[nH]c1=O. The molecule has 2 rings (SSSR count). The predicted molar refractivity (Wildman–Crippen MR) is 104 cm³/mol. The van der Waals surface area contributed by atoms with Gasteiger partial charge in [-0.05, 0) is 37.1 Å². The van der Waals surface area contributed by atoms with Crippen LogP contribution in [0.15, 0.2) is 33.9 Å². The van der Waals surface area contributed by atoms with E-state index in [4.69, 9.17) is 5.73 Å². The summed E-state index contributed by atoms with van der Waals surface area (Å²) in [5, 5.41) is 0. The summed E-state index contributed by atoms with van der Waals surface area (Å²) in [7, 11) is 0. The zero-order chi connectivity index (χ0) is 20.0. The molecule has 0 bridgehead atoms. The molecule has 8 heteroatoms. The first-order valence-electron chi connectivity index (χ1n) is 9.10. The fourth-order valence-electron chi connectivity index (χ4n) is 2.76. The van der Waals surface area contributed by atoms with Crippen LogP contribution in [0.2, 0.25) is 0 Å². The van der Waals surface area contributed by atoms with Gasteiger partial charge in [-0.25, -0.2) is 9.18 Å². The highest BCUT2D eigenvalue weighted by molar-refractivity contribution is 6.07. The fraction of sp³-hybridized carbons (Fsp3) is 0.421. The van der Waals surface area contributed by atoms with Gasteiger partial charge in [-0.15, -0.1) is 0 Å². The second-order valence-corrected chi connectivity index (χ2v) is 6.32. The van der Waals surface area contributed by atoms with E-state index < -0.39 is 23.0 Å². The van der Waals surface area contributed by atoms with Crippen LogP contribution < -0.4 is 21.9 Å². The van der Waals surface area contributed by atoms with Crippen molar-refractivity contribution in [1.29, 1.82) is 0 Å². The third-order valence-corrected chi connectivity index (χ3v) is 4.29. The van der Waals surface area contributed by atoms with Crippen molar-refractivity contribution < 1.29 is 9.18 Å². The van der Waals surface area contributed by atoms with Gasteiger partial charge in [0.2, 0.25) is 0 Å². The Bertz CT molecular complexity index is 903. The summed E-state index contributed by atoms with van der Waals surface area (Å²) in [5.74, 6) is -0.970. The smallest absolute Gasteiger partial charge is 0.330 e. The number of amides is 1. The number of aromatic nitrogens is 2. The minimum atomic E-state index is -0.711.